The summed E-state index contributed by atoms with van der Waals surface area (Å²) in [5, 5.41) is 3.77. The molecule has 4 bridgehead atoms. The molecule has 2 saturated heterocycles. The zero-order valence-electron chi connectivity index (χ0n) is 13.2. The fraction of sp³-hybridized carbons (Fsp3) is 1.00. The van der Waals surface area contributed by atoms with E-state index in [1.54, 1.807) is 25.7 Å². The van der Waals surface area contributed by atoms with Gasteiger partial charge in [-0.15, -0.1) is 0 Å². The zero-order valence-corrected chi connectivity index (χ0v) is 13.2. The van der Waals surface area contributed by atoms with Crippen LogP contribution in [-0.4, -0.2) is 37.1 Å². The maximum absolute atomic E-state index is 3.77. The molecule has 2 aliphatic carbocycles. The van der Waals surface area contributed by atoms with Crippen LogP contribution < -0.4 is 5.32 Å². The molecule has 2 nitrogen and oxygen atoms in total. The highest BCUT2D eigenvalue weighted by Gasteiger charge is 2.39. The molecule has 0 aromatic carbocycles. The summed E-state index contributed by atoms with van der Waals surface area (Å²) < 4.78 is 0. The molecule has 2 heterocycles. The Morgan fingerprint density at radius 3 is 2.40 bits per heavy atom. The molecule has 1 N–H and O–H groups in total. The van der Waals surface area contributed by atoms with E-state index in [4.69, 9.17) is 0 Å². The first kappa shape index (κ1) is 13.6. The van der Waals surface area contributed by atoms with E-state index in [0.717, 1.165) is 35.8 Å². The number of rotatable bonds is 5. The monoisotopic (exact) mass is 276 g/mol. The third-order valence-corrected chi connectivity index (χ3v) is 6.92. The Labute approximate surface area is 124 Å². The van der Waals surface area contributed by atoms with Crippen molar-refractivity contribution < 1.29 is 0 Å². The second-order valence-corrected chi connectivity index (χ2v) is 8.46. The summed E-state index contributed by atoms with van der Waals surface area (Å²) in [4.78, 5) is 2.66. The highest BCUT2D eigenvalue weighted by molar-refractivity contribution is 4.93. The third kappa shape index (κ3) is 2.78. The zero-order chi connectivity index (χ0) is 13.5. The maximum Gasteiger partial charge on any atom is 0.00728 e. The minimum absolute atomic E-state index is 0.870. The van der Waals surface area contributed by atoms with Crippen LogP contribution in [0.1, 0.15) is 57.8 Å². The number of hydrogen-bond acceptors (Lipinski definition) is 2. The quantitative estimate of drug-likeness (QED) is 0.829. The van der Waals surface area contributed by atoms with E-state index in [0.29, 0.717) is 0 Å². The first-order valence-electron chi connectivity index (χ1n) is 9.21. The molecule has 0 radical (unpaired) electrons. The van der Waals surface area contributed by atoms with Crippen LogP contribution in [0.25, 0.3) is 0 Å². The summed E-state index contributed by atoms with van der Waals surface area (Å²) in [7, 11) is 2.38. The molecule has 0 amide bonds. The summed E-state index contributed by atoms with van der Waals surface area (Å²) in [6.07, 6.45) is 13.5. The first-order valence-corrected chi connectivity index (χ1v) is 9.21. The van der Waals surface area contributed by atoms with Crippen molar-refractivity contribution in [3.63, 3.8) is 0 Å². The Hall–Kier alpha value is -0.0800. The van der Waals surface area contributed by atoms with E-state index in [9.17, 15) is 0 Å². The van der Waals surface area contributed by atoms with Gasteiger partial charge in [-0.05, 0) is 88.6 Å². The van der Waals surface area contributed by atoms with Crippen molar-refractivity contribution in [2.45, 2.75) is 69.9 Å². The molecule has 2 saturated carbocycles. The molecule has 5 atom stereocenters. The molecule has 0 spiro atoms. The highest BCUT2D eigenvalue weighted by Crippen LogP contribution is 2.48. The number of piperidine rings is 1. The summed E-state index contributed by atoms with van der Waals surface area (Å²) >= 11 is 0. The van der Waals surface area contributed by atoms with E-state index in [-0.39, 0.29) is 0 Å². The van der Waals surface area contributed by atoms with E-state index < -0.39 is 0 Å². The molecular weight excluding hydrogens is 244 g/mol. The second-order valence-electron chi connectivity index (χ2n) is 8.46. The third-order valence-electron chi connectivity index (χ3n) is 6.92. The maximum atomic E-state index is 3.77. The van der Waals surface area contributed by atoms with Crippen molar-refractivity contribution >= 4 is 0 Å². The van der Waals surface area contributed by atoms with Gasteiger partial charge in [0.2, 0.25) is 0 Å². The Kier molecular flexibility index (Phi) is 3.80. The van der Waals surface area contributed by atoms with Gasteiger partial charge >= 0.3 is 0 Å². The van der Waals surface area contributed by atoms with Gasteiger partial charge in [0.25, 0.3) is 0 Å². The molecule has 4 aliphatic rings. The average molecular weight is 276 g/mol. The fourth-order valence-electron chi connectivity index (χ4n) is 5.91. The van der Waals surface area contributed by atoms with Crippen LogP contribution in [0, 0.1) is 23.7 Å². The van der Waals surface area contributed by atoms with Gasteiger partial charge in [-0.3, -0.25) is 0 Å². The van der Waals surface area contributed by atoms with Crippen LogP contribution >= 0.6 is 0 Å². The Morgan fingerprint density at radius 1 is 0.950 bits per heavy atom. The van der Waals surface area contributed by atoms with Crippen LogP contribution in [0.2, 0.25) is 0 Å². The van der Waals surface area contributed by atoms with Gasteiger partial charge in [0.1, 0.15) is 0 Å². The molecule has 4 rings (SSSR count). The van der Waals surface area contributed by atoms with Crippen LogP contribution in [-0.2, 0) is 0 Å². The van der Waals surface area contributed by atoms with E-state index in [1.807, 2.05) is 0 Å². The lowest BCUT2D eigenvalue weighted by atomic mass is 9.87. The van der Waals surface area contributed by atoms with E-state index in [2.05, 4.69) is 17.3 Å². The normalized spacial score (nSPS) is 46.5. The van der Waals surface area contributed by atoms with Crippen molar-refractivity contribution in [1.29, 1.82) is 0 Å². The standard InChI is InChI=1S/C18H32N2/c1-20(12-16-9-13-2-3-15(16)8-13)7-6-14-10-17-4-5-18(11-14)19-17/h13-19H,2-12H2,1H3. The topological polar surface area (TPSA) is 15.3 Å². The molecule has 4 fully saturated rings. The second kappa shape index (κ2) is 5.61. The highest BCUT2D eigenvalue weighted by atomic mass is 15.1. The molecule has 2 heteroatoms. The first-order chi connectivity index (χ1) is 9.76. The largest absolute Gasteiger partial charge is 0.311 e. The van der Waals surface area contributed by atoms with Gasteiger partial charge in [0.05, 0.1) is 0 Å². The average Bonchev–Trinajstić information content (AvgIpc) is 3.13. The van der Waals surface area contributed by atoms with Crippen molar-refractivity contribution in [2.24, 2.45) is 23.7 Å². The van der Waals surface area contributed by atoms with Gasteiger partial charge < -0.3 is 10.2 Å². The van der Waals surface area contributed by atoms with Gasteiger partial charge in [-0.25, -0.2) is 0 Å². The summed E-state index contributed by atoms with van der Waals surface area (Å²) in [5.41, 5.74) is 0. The number of nitrogens with zero attached hydrogens (tertiary/aromatic N) is 1. The molecule has 2 aliphatic heterocycles. The van der Waals surface area contributed by atoms with Gasteiger partial charge in [0, 0.05) is 18.6 Å². The Bertz CT molecular complexity index is 330. The van der Waals surface area contributed by atoms with Gasteiger partial charge in [0.15, 0.2) is 0 Å². The smallest absolute Gasteiger partial charge is 0.00728 e. The molecular formula is C18H32N2. The van der Waals surface area contributed by atoms with Crippen LogP contribution in [0.5, 0.6) is 0 Å². The van der Waals surface area contributed by atoms with Gasteiger partial charge in [-0.1, -0.05) is 6.42 Å². The van der Waals surface area contributed by atoms with Crippen LogP contribution in [0.4, 0.5) is 0 Å². The Balaban J connectivity index is 1.20. The minimum Gasteiger partial charge on any atom is -0.311 e. The van der Waals surface area contributed by atoms with Gasteiger partial charge in [-0.2, -0.15) is 0 Å². The molecule has 5 unspecified atom stereocenters. The molecule has 0 aromatic rings. The predicted molar refractivity (Wildman–Crippen MR) is 83.7 cm³/mol. The molecule has 114 valence electrons. The van der Waals surface area contributed by atoms with Crippen molar-refractivity contribution in [1.82, 2.24) is 10.2 Å². The molecule has 20 heavy (non-hydrogen) atoms. The number of hydrogen-bond donors (Lipinski definition) is 1. The Morgan fingerprint density at radius 2 is 1.75 bits per heavy atom. The number of nitrogens with one attached hydrogen (secondary N) is 1. The summed E-state index contributed by atoms with van der Waals surface area (Å²) in [6.45, 7) is 2.73. The lowest BCUT2D eigenvalue weighted by molar-refractivity contribution is 0.195. The van der Waals surface area contributed by atoms with Crippen LogP contribution in [0.15, 0.2) is 0 Å². The van der Waals surface area contributed by atoms with E-state index >= 15 is 0 Å². The number of fused-ring (bicyclic) bond motifs is 4. The lowest BCUT2D eigenvalue weighted by Crippen LogP contribution is -2.39. The summed E-state index contributed by atoms with van der Waals surface area (Å²) in [6, 6.07) is 1.74. The van der Waals surface area contributed by atoms with Crippen LogP contribution in [0.3, 0.4) is 0 Å². The van der Waals surface area contributed by atoms with E-state index in [1.165, 1.54) is 45.2 Å². The van der Waals surface area contributed by atoms with Crippen molar-refractivity contribution in [2.75, 3.05) is 20.1 Å². The minimum atomic E-state index is 0.870. The predicted octanol–water partition coefficient (Wildman–Crippen LogP) is 3.28. The van der Waals surface area contributed by atoms with Crippen molar-refractivity contribution in [3.05, 3.63) is 0 Å². The van der Waals surface area contributed by atoms with Crippen molar-refractivity contribution in [3.8, 4) is 0 Å². The summed E-state index contributed by atoms with van der Waals surface area (Å²) in [5.74, 6) is 4.26. The lowest BCUT2D eigenvalue weighted by Gasteiger charge is -2.32. The molecule has 0 aromatic heterocycles. The SMILES string of the molecule is CN(CCC1CC2CCC(C1)N2)CC1CC2CCC1C2. The fourth-order valence-corrected chi connectivity index (χ4v) is 5.91.